The average Bonchev–Trinajstić information content (AvgIpc) is 2.69. The number of nitrogens with two attached hydrogens (primary N) is 1. The monoisotopic (exact) mass is 245 g/mol. The maximum atomic E-state index is 6.35. The highest BCUT2D eigenvalue weighted by Crippen LogP contribution is 2.22. The lowest BCUT2D eigenvalue weighted by molar-refractivity contribution is 0.709. The summed E-state index contributed by atoms with van der Waals surface area (Å²) < 4.78 is 2.01. The zero-order valence-corrected chi connectivity index (χ0v) is 11.3. The third-order valence-corrected chi connectivity index (χ3v) is 3.27. The predicted octanol–water partition coefficient (Wildman–Crippen LogP) is 1.44. The Bertz CT molecular complexity index is 559. The van der Waals surface area contributed by atoms with Gasteiger partial charge in [-0.2, -0.15) is 10.2 Å². The summed E-state index contributed by atoms with van der Waals surface area (Å²) in [4.78, 5) is 4.29. The van der Waals surface area contributed by atoms with Gasteiger partial charge in [0.15, 0.2) is 0 Å². The van der Waals surface area contributed by atoms with Crippen LogP contribution in [0.4, 0.5) is 0 Å². The fraction of sp³-hybridized carbons (Fsp3) is 0.462. The number of imidazole rings is 1. The Morgan fingerprint density at radius 2 is 2.06 bits per heavy atom. The molecule has 0 fully saturated rings. The van der Waals surface area contributed by atoms with Crippen LogP contribution >= 0.6 is 0 Å². The van der Waals surface area contributed by atoms with Crippen molar-refractivity contribution in [2.24, 2.45) is 12.8 Å². The molecule has 0 bridgehead atoms. The molecule has 18 heavy (non-hydrogen) atoms. The van der Waals surface area contributed by atoms with Crippen LogP contribution in [0.25, 0.3) is 0 Å². The molecule has 2 aromatic heterocycles. The van der Waals surface area contributed by atoms with E-state index in [2.05, 4.69) is 22.1 Å². The predicted molar refractivity (Wildman–Crippen MR) is 70.1 cm³/mol. The molecule has 0 aliphatic carbocycles. The first kappa shape index (κ1) is 12.7. The normalized spacial score (nSPS) is 12.7. The first-order valence-corrected chi connectivity index (χ1v) is 6.11. The van der Waals surface area contributed by atoms with E-state index in [1.54, 1.807) is 0 Å². The second-order valence-electron chi connectivity index (χ2n) is 4.51. The zero-order chi connectivity index (χ0) is 13.3. The van der Waals surface area contributed by atoms with Crippen molar-refractivity contribution in [3.8, 4) is 0 Å². The van der Waals surface area contributed by atoms with Gasteiger partial charge in [-0.15, -0.1) is 0 Å². The zero-order valence-electron chi connectivity index (χ0n) is 11.3. The molecule has 1 unspecified atom stereocenters. The molecule has 2 heterocycles. The van der Waals surface area contributed by atoms with Crippen LogP contribution < -0.4 is 5.73 Å². The van der Waals surface area contributed by atoms with Gasteiger partial charge in [-0.3, -0.25) is 0 Å². The molecule has 96 valence electrons. The van der Waals surface area contributed by atoms with Gasteiger partial charge in [0.1, 0.15) is 5.82 Å². The lowest BCUT2D eigenvalue weighted by atomic mass is 10.0. The van der Waals surface area contributed by atoms with Crippen LogP contribution in [0.15, 0.2) is 12.3 Å². The summed E-state index contributed by atoms with van der Waals surface area (Å²) in [6.07, 6.45) is 2.66. The molecule has 0 spiro atoms. The average molecular weight is 245 g/mol. The van der Waals surface area contributed by atoms with Gasteiger partial charge in [-0.1, -0.05) is 6.92 Å². The van der Waals surface area contributed by atoms with Crippen LogP contribution in [0.1, 0.15) is 41.4 Å². The SMILES string of the molecule is CCc1nnc(C)cc1C(N)c1cnc(C)n1C. The number of hydrogen-bond donors (Lipinski definition) is 1. The van der Waals surface area contributed by atoms with Crippen molar-refractivity contribution in [3.05, 3.63) is 40.7 Å². The molecule has 1 atom stereocenters. The van der Waals surface area contributed by atoms with Crippen LogP contribution in [0.3, 0.4) is 0 Å². The third-order valence-electron chi connectivity index (χ3n) is 3.27. The number of aromatic nitrogens is 4. The maximum absolute atomic E-state index is 6.35. The van der Waals surface area contributed by atoms with E-state index >= 15 is 0 Å². The van der Waals surface area contributed by atoms with Crippen LogP contribution in [-0.2, 0) is 13.5 Å². The Labute approximate surface area is 107 Å². The standard InChI is InChI=1S/C13H19N5/c1-5-11-10(6-8(2)16-17-11)13(14)12-7-15-9(3)18(12)4/h6-7,13H,5,14H2,1-4H3. The minimum atomic E-state index is -0.208. The highest BCUT2D eigenvalue weighted by Gasteiger charge is 2.18. The van der Waals surface area contributed by atoms with Crippen molar-refractivity contribution in [2.45, 2.75) is 33.2 Å². The summed E-state index contributed by atoms with van der Waals surface area (Å²) >= 11 is 0. The van der Waals surface area contributed by atoms with Gasteiger partial charge in [0.05, 0.1) is 29.3 Å². The molecule has 2 N–H and O–H groups in total. The van der Waals surface area contributed by atoms with Gasteiger partial charge in [0.25, 0.3) is 0 Å². The molecule has 0 saturated heterocycles. The molecule has 0 amide bonds. The van der Waals surface area contributed by atoms with Gasteiger partial charge in [0.2, 0.25) is 0 Å². The third kappa shape index (κ3) is 2.13. The molecule has 0 aliphatic heterocycles. The van der Waals surface area contributed by atoms with E-state index < -0.39 is 0 Å². The van der Waals surface area contributed by atoms with Gasteiger partial charge in [-0.05, 0) is 26.3 Å². The molecule has 0 aromatic carbocycles. The minimum Gasteiger partial charge on any atom is -0.334 e. The Balaban J connectivity index is 2.48. The van der Waals surface area contributed by atoms with E-state index in [-0.39, 0.29) is 6.04 Å². The minimum absolute atomic E-state index is 0.208. The highest BCUT2D eigenvalue weighted by atomic mass is 15.1. The number of hydrogen-bond acceptors (Lipinski definition) is 4. The highest BCUT2D eigenvalue weighted by molar-refractivity contribution is 5.31. The number of rotatable bonds is 3. The maximum Gasteiger partial charge on any atom is 0.105 e. The summed E-state index contributed by atoms with van der Waals surface area (Å²) in [7, 11) is 1.98. The Kier molecular flexibility index (Phi) is 3.43. The summed E-state index contributed by atoms with van der Waals surface area (Å²) in [5.41, 5.74) is 10.2. The van der Waals surface area contributed by atoms with Crippen molar-refractivity contribution < 1.29 is 0 Å². The second kappa shape index (κ2) is 4.86. The fourth-order valence-electron chi connectivity index (χ4n) is 2.05. The molecular weight excluding hydrogens is 226 g/mol. The quantitative estimate of drug-likeness (QED) is 0.888. The van der Waals surface area contributed by atoms with Crippen molar-refractivity contribution in [1.82, 2.24) is 19.7 Å². The van der Waals surface area contributed by atoms with Crippen molar-refractivity contribution in [2.75, 3.05) is 0 Å². The Morgan fingerprint density at radius 1 is 1.33 bits per heavy atom. The van der Waals surface area contributed by atoms with Crippen LogP contribution in [0, 0.1) is 13.8 Å². The van der Waals surface area contributed by atoms with Crippen LogP contribution in [0.5, 0.6) is 0 Å². The van der Waals surface area contributed by atoms with Gasteiger partial charge < -0.3 is 10.3 Å². The number of nitrogens with zero attached hydrogens (tertiary/aromatic N) is 4. The van der Waals surface area contributed by atoms with E-state index in [0.717, 1.165) is 34.9 Å². The first-order chi connectivity index (χ1) is 8.54. The number of aryl methyl sites for hydroxylation is 3. The molecular formula is C13H19N5. The van der Waals surface area contributed by atoms with Crippen molar-refractivity contribution >= 4 is 0 Å². The van der Waals surface area contributed by atoms with Crippen LogP contribution in [0.2, 0.25) is 0 Å². The Morgan fingerprint density at radius 3 is 2.61 bits per heavy atom. The molecule has 0 radical (unpaired) electrons. The second-order valence-corrected chi connectivity index (χ2v) is 4.51. The van der Waals surface area contributed by atoms with E-state index in [0.29, 0.717) is 0 Å². The molecule has 2 aromatic rings. The Hall–Kier alpha value is -1.75. The smallest absolute Gasteiger partial charge is 0.105 e. The van der Waals surface area contributed by atoms with E-state index in [4.69, 9.17) is 5.73 Å². The largest absolute Gasteiger partial charge is 0.334 e. The van der Waals surface area contributed by atoms with Crippen molar-refractivity contribution in [3.63, 3.8) is 0 Å². The topological polar surface area (TPSA) is 69.6 Å². The van der Waals surface area contributed by atoms with Gasteiger partial charge >= 0.3 is 0 Å². The summed E-state index contributed by atoms with van der Waals surface area (Å²) in [6, 6.07) is 1.80. The summed E-state index contributed by atoms with van der Waals surface area (Å²) in [6.45, 7) is 5.95. The molecule has 0 aliphatic rings. The summed E-state index contributed by atoms with van der Waals surface area (Å²) in [5.74, 6) is 0.956. The van der Waals surface area contributed by atoms with E-state index in [9.17, 15) is 0 Å². The van der Waals surface area contributed by atoms with E-state index in [1.807, 2.05) is 37.7 Å². The molecule has 5 nitrogen and oxygen atoms in total. The van der Waals surface area contributed by atoms with Crippen molar-refractivity contribution in [1.29, 1.82) is 0 Å². The fourth-order valence-corrected chi connectivity index (χ4v) is 2.05. The lowest BCUT2D eigenvalue weighted by Gasteiger charge is -2.16. The van der Waals surface area contributed by atoms with Gasteiger partial charge in [0, 0.05) is 12.6 Å². The first-order valence-electron chi connectivity index (χ1n) is 6.11. The molecule has 2 rings (SSSR count). The summed E-state index contributed by atoms with van der Waals surface area (Å²) in [5, 5.41) is 8.31. The van der Waals surface area contributed by atoms with Crippen LogP contribution in [-0.4, -0.2) is 19.7 Å². The molecule has 5 heteroatoms. The molecule has 0 saturated carbocycles. The van der Waals surface area contributed by atoms with Gasteiger partial charge in [-0.25, -0.2) is 4.98 Å². The lowest BCUT2D eigenvalue weighted by Crippen LogP contribution is -2.19. The van der Waals surface area contributed by atoms with E-state index in [1.165, 1.54) is 0 Å².